The molecule has 3 aliphatic rings. The fourth-order valence-electron chi connectivity index (χ4n) is 5.15. The molecule has 6 rings (SSSR count). The second-order valence-electron chi connectivity index (χ2n) is 10.1. The van der Waals surface area contributed by atoms with E-state index in [1.54, 1.807) is 20.2 Å². The van der Waals surface area contributed by atoms with Crippen molar-refractivity contribution in [2.75, 3.05) is 45.3 Å². The Morgan fingerprint density at radius 1 is 1.13 bits per heavy atom. The van der Waals surface area contributed by atoms with E-state index in [-0.39, 0.29) is 37.1 Å². The number of nitrogens with zero attached hydrogens (tertiary/aromatic N) is 4. The number of H-pyrrole nitrogens is 1. The number of aromatic nitrogens is 3. The number of fused-ring (bicyclic) bond motifs is 2. The van der Waals surface area contributed by atoms with Crippen LogP contribution in [0.2, 0.25) is 5.02 Å². The molecule has 38 heavy (non-hydrogen) atoms. The van der Waals surface area contributed by atoms with Crippen LogP contribution >= 0.6 is 11.6 Å². The van der Waals surface area contributed by atoms with Crippen molar-refractivity contribution in [1.29, 1.82) is 0 Å². The number of aliphatic hydroxyl groups is 1. The van der Waals surface area contributed by atoms with E-state index in [0.29, 0.717) is 34.5 Å². The Balaban J connectivity index is 1.12. The topological polar surface area (TPSA) is 122 Å². The molecule has 202 valence electrons. The number of imidazole rings is 1. The SMILES string of the molecule is CN(C)C(=O)OC1CCN(c2ccc(-c3nc4nc(O[C@@H]5COC6C5OC[C@H]6O)[nH]c4cc3Cl)cc2)CC1. The Labute approximate surface area is 224 Å². The molecule has 3 fully saturated rings. The molecule has 5 heterocycles. The van der Waals surface area contributed by atoms with Gasteiger partial charge in [0.25, 0.3) is 6.01 Å². The van der Waals surface area contributed by atoms with Gasteiger partial charge in [0.05, 0.1) is 29.4 Å². The number of aliphatic hydroxyl groups excluding tert-OH is 1. The lowest BCUT2D eigenvalue weighted by atomic mass is 10.1. The number of hydrogen-bond donors (Lipinski definition) is 2. The number of hydrogen-bond acceptors (Lipinski definition) is 9. The average molecular weight is 544 g/mol. The lowest BCUT2D eigenvalue weighted by molar-refractivity contribution is 0.00706. The summed E-state index contributed by atoms with van der Waals surface area (Å²) in [5.74, 6) is 0. The summed E-state index contributed by atoms with van der Waals surface area (Å²) >= 11 is 6.60. The van der Waals surface area contributed by atoms with E-state index in [1.165, 1.54) is 4.90 Å². The monoisotopic (exact) mass is 543 g/mol. The number of amides is 1. The second kappa shape index (κ2) is 10.2. The molecular formula is C26H30ClN5O6. The minimum absolute atomic E-state index is 0.0576. The number of anilines is 1. The Morgan fingerprint density at radius 2 is 1.87 bits per heavy atom. The average Bonchev–Trinajstić information content (AvgIpc) is 3.60. The van der Waals surface area contributed by atoms with E-state index in [1.807, 2.05) is 12.1 Å². The van der Waals surface area contributed by atoms with E-state index in [4.69, 9.17) is 30.5 Å². The van der Waals surface area contributed by atoms with Crippen molar-refractivity contribution in [3.8, 4) is 17.3 Å². The quantitative estimate of drug-likeness (QED) is 0.500. The van der Waals surface area contributed by atoms with Crippen molar-refractivity contribution in [2.24, 2.45) is 0 Å². The zero-order valence-corrected chi connectivity index (χ0v) is 21.9. The minimum Gasteiger partial charge on any atom is -0.456 e. The lowest BCUT2D eigenvalue weighted by Gasteiger charge is -2.33. The summed E-state index contributed by atoms with van der Waals surface area (Å²) in [5, 5.41) is 10.4. The summed E-state index contributed by atoms with van der Waals surface area (Å²) < 4.78 is 22.8. The van der Waals surface area contributed by atoms with Crippen molar-refractivity contribution in [2.45, 2.75) is 43.4 Å². The normalized spacial score (nSPS) is 25.5. The summed E-state index contributed by atoms with van der Waals surface area (Å²) in [7, 11) is 3.38. The van der Waals surface area contributed by atoms with Gasteiger partial charge in [-0.2, -0.15) is 4.98 Å². The molecule has 4 atom stereocenters. The molecule has 3 saturated heterocycles. The van der Waals surface area contributed by atoms with Crippen LogP contribution in [-0.2, 0) is 14.2 Å². The van der Waals surface area contributed by atoms with Crippen molar-refractivity contribution in [3.05, 3.63) is 35.4 Å². The third-order valence-corrected chi connectivity index (χ3v) is 7.52. The summed E-state index contributed by atoms with van der Waals surface area (Å²) in [6.07, 6.45) is -0.498. The highest BCUT2D eigenvalue weighted by molar-refractivity contribution is 6.33. The number of carbonyl (C=O) groups is 1. The number of aromatic amines is 1. The van der Waals surface area contributed by atoms with E-state index in [0.717, 1.165) is 37.2 Å². The van der Waals surface area contributed by atoms with E-state index in [9.17, 15) is 9.90 Å². The van der Waals surface area contributed by atoms with Gasteiger partial charge >= 0.3 is 6.09 Å². The minimum atomic E-state index is -0.640. The van der Waals surface area contributed by atoms with Gasteiger partial charge in [-0.05, 0) is 18.2 Å². The summed E-state index contributed by atoms with van der Waals surface area (Å²) in [6.45, 7) is 2.17. The first kappa shape index (κ1) is 25.2. The molecule has 12 heteroatoms. The Bertz CT molecular complexity index is 1310. The van der Waals surface area contributed by atoms with Gasteiger partial charge in [-0.1, -0.05) is 23.7 Å². The first-order valence-electron chi connectivity index (χ1n) is 12.7. The third kappa shape index (κ3) is 4.86. The van der Waals surface area contributed by atoms with E-state index in [2.05, 4.69) is 32.0 Å². The molecule has 2 aromatic heterocycles. The predicted molar refractivity (Wildman–Crippen MR) is 140 cm³/mol. The van der Waals surface area contributed by atoms with E-state index < -0.39 is 6.10 Å². The molecule has 2 N–H and O–H groups in total. The molecule has 0 bridgehead atoms. The molecule has 3 aliphatic heterocycles. The lowest BCUT2D eigenvalue weighted by Crippen LogP contribution is -2.39. The predicted octanol–water partition coefficient (Wildman–Crippen LogP) is 2.85. The van der Waals surface area contributed by atoms with Crippen LogP contribution in [0.3, 0.4) is 0 Å². The van der Waals surface area contributed by atoms with Gasteiger partial charge in [0.2, 0.25) is 0 Å². The maximum Gasteiger partial charge on any atom is 0.409 e. The molecule has 2 unspecified atom stereocenters. The van der Waals surface area contributed by atoms with Crippen molar-refractivity contribution in [1.82, 2.24) is 19.9 Å². The summed E-state index contributed by atoms with van der Waals surface area (Å²) in [6, 6.07) is 10.2. The number of benzene rings is 1. The molecule has 0 aliphatic carbocycles. The van der Waals surface area contributed by atoms with Gasteiger partial charge in [-0.3, -0.25) is 0 Å². The summed E-state index contributed by atoms with van der Waals surface area (Å²) in [5.41, 5.74) is 3.74. The largest absolute Gasteiger partial charge is 0.456 e. The Morgan fingerprint density at radius 3 is 2.61 bits per heavy atom. The van der Waals surface area contributed by atoms with Crippen LogP contribution in [0, 0.1) is 0 Å². The fourth-order valence-corrected chi connectivity index (χ4v) is 5.41. The number of rotatable bonds is 5. The molecular weight excluding hydrogens is 514 g/mol. The van der Waals surface area contributed by atoms with Crippen LogP contribution in [-0.4, -0.2) is 102 Å². The molecule has 0 spiro atoms. The van der Waals surface area contributed by atoms with Gasteiger partial charge in [-0.25, -0.2) is 9.78 Å². The van der Waals surface area contributed by atoms with Crippen LogP contribution in [0.4, 0.5) is 10.5 Å². The number of pyridine rings is 1. The van der Waals surface area contributed by atoms with Crippen molar-refractivity contribution >= 4 is 34.5 Å². The number of carbonyl (C=O) groups excluding carboxylic acids is 1. The van der Waals surface area contributed by atoms with Crippen LogP contribution in [0.5, 0.6) is 6.01 Å². The number of piperidine rings is 1. The maximum absolute atomic E-state index is 11.8. The van der Waals surface area contributed by atoms with Gasteiger partial charge in [0, 0.05) is 51.3 Å². The first-order valence-corrected chi connectivity index (χ1v) is 13.1. The smallest absolute Gasteiger partial charge is 0.409 e. The van der Waals surface area contributed by atoms with Crippen LogP contribution < -0.4 is 9.64 Å². The standard InChI is InChI=1S/C26H30ClN5O6/c1-31(2)26(34)37-16-7-9-32(10-8-16)15-5-3-14(4-6-15)21-17(27)11-18-24(29-21)30-25(28-18)38-20-13-36-22-19(33)12-35-23(20)22/h3-6,11,16,19-20,22-23,33H,7-10,12-13H2,1-2H3,(H,28,29,30)/t19-,20-,22?,23?/m1/s1. The molecule has 3 aromatic rings. The van der Waals surface area contributed by atoms with Crippen LogP contribution in [0.15, 0.2) is 30.3 Å². The van der Waals surface area contributed by atoms with Gasteiger partial charge < -0.3 is 38.8 Å². The number of halogens is 1. The van der Waals surface area contributed by atoms with Crippen molar-refractivity contribution in [3.63, 3.8) is 0 Å². The zero-order chi connectivity index (χ0) is 26.4. The van der Waals surface area contributed by atoms with Gasteiger partial charge in [0.15, 0.2) is 11.8 Å². The van der Waals surface area contributed by atoms with Gasteiger partial charge in [-0.15, -0.1) is 0 Å². The van der Waals surface area contributed by atoms with Gasteiger partial charge in [0.1, 0.15) is 24.4 Å². The molecule has 11 nitrogen and oxygen atoms in total. The fraction of sp³-hybridized carbons (Fsp3) is 0.500. The highest BCUT2D eigenvalue weighted by Gasteiger charge is 2.48. The molecule has 0 saturated carbocycles. The van der Waals surface area contributed by atoms with E-state index >= 15 is 0 Å². The Kier molecular flexibility index (Phi) is 6.77. The first-order chi connectivity index (χ1) is 18.4. The zero-order valence-electron chi connectivity index (χ0n) is 21.2. The third-order valence-electron chi connectivity index (χ3n) is 7.23. The van der Waals surface area contributed by atoms with Crippen molar-refractivity contribution < 1.29 is 28.8 Å². The van der Waals surface area contributed by atoms with Crippen LogP contribution in [0.1, 0.15) is 12.8 Å². The second-order valence-corrected chi connectivity index (χ2v) is 10.5. The highest BCUT2D eigenvalue weighted by Crippen LogP contribution is 2.33. The highest BCUT2D eigenvalue weighted by atomic mass is 35.5. The molecule has 1 aromatic carbocycles. The number of nitrogens with one attached hydrogen (secondary N) is 1. The summed E-state index contributed by atoms with van der Waals surface area (Å²) in [4.78, 5) is 27.8. The number of ether oxygens (including phenoxy) is 4. The molecule has 0 radical (unpaired) electrons. The van der Waals surface area contributed by atoms with Crippen LogP contribution in [0.25, 0.3) is 22.4 Å². The maximum atomic E-state index is 11.8. The molecule has 1 amide bonds. The Hall–Kier alpha value is -3.12.